The van der Waals surface area contributed by atoms with E-state index in [1.54, 1.807) is 0 Å². The first-order valence-electron chi connectivity index (χ1n) is 2.78. The van der Waals surface area contributed by atoms with E-state index in [4.69, 9.17) is 29.7 Å². The van der Waals surface area contributed by atoms with Crippen LogP contribution < -0.4 is 0 Å². The molecule has 0 saturated carbocycles. The first-order chi connectivity index (χ1) is 5.20. The number of carbonyl (C=O) groups is 3. The summed E-state index contributed by atoms with van der Waals surface area (Å²) in [5.41, 5.74) is 0. The van der Waals surface area contributed by atoms with Crippen LogP contribution in [0.3, 0.4) is 0 Å². The first kappa shape index (κ1) is 46.3. The van der Waals surface area contributed by atoms with Crippen LogP contribution in [-0.4, -0.2) is 49.7 Å². The van der Waals surface area contributed by atoms with Crippen molar-refractivity contribution in [2.45, 2.75) is 20.8 Å². The molecular formula is C6H18MnO9. The maximum atomic E-state index is 9.00. The van der Waals surface area contributed by atoms with Crippen LogP contribution in [0.15, 0.2) is 0 Å². The zero-order chi connectivity index (χ0) is 10.7. The second kappa shape index (κ2) is 37.2. The summed E-state index contributed by atoms with van der Waals surface area (Å²) >= 11 is 0. The van der Waals surface area contributed by atoms with Gasteiger partial charge < -0.3 is 31.7 Å². The summed E-state index contributed by atoms with van der Waals surface area (Å²) in [4.78, 5) is 27.0. The van der Waals surface area contributed by atoms with Crippen molar-refractivity contribution in [3.8, 4) is 0 Å². The molecule has 0 amide bonds. The molecule has 0 aliphatic rings. The maximum absolute atomic E-state index is 9.00. The molecule has 9 N–H and O–H groups in total. The molecule has 1 radical (unpaired) electrons. The van der Waals surface area contributed by atoms with Crippen LogP contribution in [0.4, 0.5) is 0 Å². The predicted molar refractivity (Wildman–Crippen MR) is 50.8 cm³/mol. The van der Waals surface area contributed by atoms with E-state index in [-0.39, 0.29) is 33.5 Å². The van der Waals surface area contributed by atoms with Crippen molar-refractivity contribution in [2.75, 3.05) is 0 Å². The van der Waals surface area contributed by atoms with Gasteiger partial charge in [0.2, 0.25) is 0 Å². The Balaban J connectivity index is -0.0000000135. The third kappa shape index (κ3) is 1260. The minimum atomic E-state index is -0.833. The van der Waals surface area contributed by atoms with Crippen molar-refractivity contribution in [3.05, 3.63) is 0 Å². The fraction of sp³-hybridized carbons (Fsp3) is 0.500. The molecule has 10 heteroatoms. The molecule has 0 aliphatic carbocycles. The summed E-state index contributed by atoms with van der Waals surface area (Å²) in [6, 6.07) is 0. The molecule has 0 atom stereocenters. The topological polar surface area (TPSA) is 206 Å². The molecule has 0 aliphatic heterocycles. The minimum absolute atomic E-state index is 0. The van der Waals surface area contributed by atoms with Gasteiger partial charge in [0.25, 0.3) is 17.9 Å². The zero-order valence-electron chi connectivity index (χ0n) is 8.94. The molecule has 0 heterocycles. The van der Waals surface area contributed by atoms with Crippen molar-refractivity contribution < 1.29 is 63.2 Å². The average molecular weight is 289 g/mol. The number of rotatable bonds is 0. The van der Waals surface area contributed by atoms with E-state index in [1.807, 2.05) is 0 Å². The van der Waals surface area contributed by atoms with Gasteiger partial charge in [0.05, 0.1) is 0 Å². The van der Waals surface area contributed by atoms with Crippen molar-refractivity contribution in [1.82, 2.24) is 0 Å². The van der Waals surface area contributed by atoms with E-state index >= 15 is 0 Å². The first-order valence-corrected chi connectivity index (χ1v) is 2.78. The fourth-order valence-electron chi connectivity index (χ4n) is 0. The zero-order valence-corrected chi connectivity index (χ0v) is 10.1. The van der Waals surface area contributed by atoms with E-state index in [0.717, 1.165) is 20.8 Å². The molecule has 0 fully saturated rings. The van der Waals surface area contributed by atoms with E-state index in [1.165, 1.54) is 0 Å². The number of carboxylic acid groups (broad SMARTS) is 3. The molecule has 0 aromatic rings. The maximum Gasteiger partial charge on any atom is 0.300 e. The van der Waals surface area contributed by atoms with Crippen LogP contribution in [0.2, 0.25) is 0 Å². The summed E-state index contributed by atoms with van der Waals surface area (Å²) in [5, 5.41) is 22.2. The molecule has 9 nitrogen and oxygen atoms in total. The van der Waals surface area contributed by atoms with Crippen LogP contribution in [0.5, 0.6) is 0 Å². The molecular weight excluding hydrogens is 271 g/mol. The molecule has 0 saturated heterocycles. The Morgan fingerprint density at radius 1 is 0.625 bits per heavy atom. The molecule has 0 bridgehead atoms. The van der Waals surface area contributed by atoms with Crippen molar-refractivity contribution >= 4 is 17.9 Å². The van der Waals surface area contributed by atoms with Gasteiger partial charge in [-0.1, -0.05) is 0 Å². The number of hydrogen-bond acceptors (Lipinski definition) is 3. The Hall–Kier alpha value is -1.19. The van der Waals surface area contributed by atoms with E-state index in [0.29, 0.717) is 0 Å². The van der Waals surface area contributed by atoms with Crippen LogP contribution in [0, 0.1) is 0 Å². The van der Waals surface area contributed by atoms with Gasteiger partial charge in [-0.25, -0.2) is 0 Å². The Bertz CT molecular complexity index is 118. The second-order valence-corrected chi connectivity index (χ2v) is 1.56. The standard InChI is InChI=1S/3C2H4O2.Mn.3H2O/c3*1-2(3)4;;;;/h3*1H3,(H,3,4);;3*1H2. The normalized spacial score (nSPS) is 4.69. The summed E-state index contributed by atoms with van der Waals surface area (Å²) in [6.07, 6.45) is 0. The predicted octanol–water partition coefficient (Wildman–Crippen LogP) is -2.20. The van der Waals surface area contributed by atoms with E-state index < -0.39 is 17.9 Å². The molecule has 103 valence electrons. The van der Waals surface area contributed by atoms with Gasteiger partial charge in [0.1, 0.15) is 0 Å². The monoisotopic (exact) mass is 289 g/mol. The van der Waals surface area contributed by atoms with Crippen LogP contribution in [-0.2, 0) is 31.5 Å². The van der Waals surface area contributed by atoms with Crippen molar-refractivity contribution in [2.24, 2.45) is 0 Å². The number of carboxylic acids is 3. The third-order valence-electron chi connectivity index (χ3n) is 0. The SMILES string of the molecule is CC(=O)O.CC(=O)O.CC(=O)O.O.O.O.[Mn]. The van der Waals surface area contributed by atoms with Crippen LogP contribution in [0.25, 0.3) is 0 Å². The summed E-state index contributed by atoms with van der Waals surface area (Å²) in [7, 11) is 0. The quantitative estimate of drug-likeness (QED) is 0.421. The van der Waals surface area contributed by atoms with Crippen molar-refractivity contribution in [3.63, 3.8) is 0 Å². The van der Waals surface area contributed by atoms with E-state index in [9.17, 15) is 0 Å². The Kier molecular flexibility index (Phi) is 108. The summed E-state index contributed by atoms with van der Waals surface area (Å²) < 4.78 is 0. The van der Waals surface area contributed by atoms with Gasteiger partial charge in [-0.2, -0.15) is 0 Å². The van der Waals surface area contributed by atoms with Gasteiger partial charge >= 0.3 is 0 Å². The second-order valence-electron chi connectivity index (χ2n) is 1.56. The van der Waals surface area contributed by atoms with Crippen molar-refractivity contribution in [1.29, 1.82) is 0 Å². The summed E-state index contributed by atoms with van der Waals surface area (Å²) in [5.74, 6) is -2.50. The van der Waals surface area contributed by atoms with Gasteiger partial charge in [-0.15, -0.1) is 0 Å². The van der Waals surface area contributed by atoms with E-state index in [2.05, 4.69) is 0 Å². The smallest absolute Gasteiger partial charge is 0.300 e. The van der Waals surface area contributed by atoms with Gasteiger partial charge in [0, 0.05) is 37.8 Å². The Morgan fingerprint density at radius 3 is 0.625 bits per heavy atom. The number of aliphatic carboxylic acids is 3. The molecule has 0 unspecified atom stereocenters. The van der Waals surface area contributed by atoms with Gasteiger partial charge in [-0.05, 0) is 0 Å². The number of hydrogen-bond donors (Lipinski definition) is 3. The largest absolute Gasteiger partial charge is 0.481 e. The Morgan fingerprint density at radius 2 is 0.625 bits per heavy atom. The summed E-state index contributed by atoms with van der Waals surface area (Å²) in [6.45, 7) is 3.25. The molecule has 0 aromatic heterocycles. The van der Waals surface area contributed by atoms with Gasteiger partial charge in [-0.3, -0.25) is 14.4 Å². The van der Waals surface area contributed by atoms with Crippen LogP contribution >= 0.6 is 0 Å². The molecule has 0 aromatic carbocycles. The Labute approximate surface area is 102 Å². The molecule has 0 rings (SSSR count). The van der Waals surface area contributed by atoms with Gasteiger partial charge in [0.15, 0.2) is 0 Å². The molecule has 0 spiro atoms. The third-order valence-corrected chi connectivity index (χ3v) is 0. The minimum Gasteiger partial charge on any atom is -0.481 e. The fourth-order valence-corrected chi connectivity index (χ4v) is 0. The average Bonchev–Trinajstić information content (AvgIpc) is 1.54. The molecule has 16 heavy (non-hydrogen) atoms. The van der Waals surface area contributed by atoms with Crippen LogP contribution in [0.1, 0.15) is 20.8 Å².